The van der Waals surface area contributed by atoms with Crippen LogP contribution in [-0.2, 0) is 23.1 Å². The van der Waals surface area contributed by atoms with E-state index in [2.05, 4.69) is 0 Å². The first kappa shape index (κ1) is 22.1. The number of carbonyl (C=O) groups excluding carboxylic acids is 1. The molecule has 2 aromatic carbocycles. The van der Waals surface area contributed by atoms with Crippen LogP contribution in [0.4, 0.5) is 0 Å². The van der Waals surface area contributed by atoms with Crippen LogP contribution < -0.4 is 4.74 Å². The molecule has 1 aliphatic rings. The molecule has 3 aromatic rings. The number of rotatable bonds is 8. The monoisotopic (exact) mass is 433 g/mol. The van der Waals surface area contributed by atoms with E-state index < -0.39 is 0 Å². The van der Waals surface area contributed by atoms with Crippen molar-refractivity contribution >= 4 is 5.91 Å². The van der Waals surface area contributed by atoms with Crippen molar-refractivity contribution in [3.05, 3.63) is 65.7 Å². The molecule has 32 heavy (non-hydrogen) atoms. The molecule has 1 amide bonds. The number of aryl methyl sites for hydroxylation is 2. The molecule has 1 saturated heterocycles. The van der Waals surface area contributed by atoms with Gasteiger partial charge in [-0.15, -0.1) is 0 Å². The number of benzene rings is 2. The van der Waals surface area contributed by atoms with Crippen molar-refractivity contribution in [1.82, 2.24) is 14.7 Å². The van der Waals surface area contributed by atoms with E-state index in [1.165, 1.54) is 0 Å². The predicted octanol–water partition coefficient (Wildman–Crippen LogP) is 5.11. The van der Waals surface area contributed by atoms with E-state index in [1.807, 2.05) is 80.4 Å². The molecule has 6 heteroatoms. The van der Waals surface area contributed by atoms with Gasteiger partial charge in [-0.05, 0) is 37.5 Å². The van der Waals surface area contributed by atoms with Crippen LogP contribution >= 0.6 is 0 Å². The Morgan fingerprint density at radius 2 is 2.03 bits per heavy atom. The fourth-order valence-electron chi connectivity index (χ4n) is 4.14. The second kappa shape index (κ2) is 10.0. The van der Waals surface area contributed by atoms with Crippen LogP contribution in [0.3, 0.4) is 0 Å². The van der Waals surface area contributed by atoms with Gasteiger partial charge in [-0.1, -0.05) is 49.4 Å². The fourth-order valence-corrected chi connectivity index (χ4v) is 4.14. The topological polar surface area (TPSA) is 56.6 Å². The highest BCUT2D eigenvalue weighted by Crippen LogP contribution is 2.34. The van der Waals surface area contributed by atoms with Gasteiger partial charge in [0.25, 0.3) is 0 Å². The second-order valence-corrected chi connectivity index (χ2v) is 8.30. The van der Waals surface area contributed by atoms with Gasteiger partial charge in [-0.2, -0.15) is 5.10 Å². The van der Waals surface area contributed by atoms with Crippen LogP contribution in [0.1, 0.15) is 37.3 Å². The first-order valence-electron chi connectivity index (χ1n) is 11.3. The van der Waals surface area contributed by atoms with Crippen molar-refractivity contribution in [3.63, 3.8) is 0 Å². The van der Waals surface area contributed by atoms with Crippen LogP contribution in [0.5, 0.6) is 11.6 Å². The average molecular weight is 434 g/mol. The van der Waals surface area contributed by atoms with Gasteiger partial charge in [0.2, 0.25) is 11.8 Å². The van der Waals surface area contributed by atoms with E-state index in [-0.39, 0.29) is 12.0 Å². The van der Waals surface area contributed by atoms with E-state index in [9.17, 15) is 4.79 Å². The van der Waals surface area contributed by atoms with E-state index in [0.717, 1.165) is 47.6 Å². The number of nitrogens with zero attached hydrogens (tertiary/aromatic N) is 3. The smallest absolute Gasteiger partial charge is 0.223 e. The minimum Gasteiger partial charge on any atom is -0.439 e. The molecule has 0 N–H and O–H groups in total. The molecule has 1 atom stereocenters. The average Bonchev–Trinajstić information content (AvgIpc) is 3.42. The van der Waals surface area contributed by atoms with Crippen molar-refractivity contribution in [2.45, 2.75) is 45.8 Å². The van der Waals surface area contributed by atoms with Crippen LogP contribution in [0.25, 0.3) is 11.3 Å². The molecule has 6 nitrogen and oxygen atoms in total. The summed E-state index contributed by atoms with van der Waals surface area (Å²) in [6.07, 6.45) is 2.56. The van der Waals surface area contributed by atoms with E-state index >= 15 is 0 Å². The van der Waals surface area contributed by atoms with Gasteiger partial charge in [0, 0.05) is 32.2 Å². The Labute approximate surface area is 189 Å². The predicted molar refractivity (Wildman–Crippen MR) is 125 cm³/mol. The number of carbonyl (C=O) groups is 1. The molecule has 168 valence electrons. The first-order valence-corrected chi connectivity index (χ1v) is 11.3. The third kappa shape index (κ3) is 5.02. The Kier molecular flexibility index (Phi) is 6.90. The molecule has 0 spiro atoms. The third-order valence-electron chi connectivity index (χ3n) is 5.79. The summed E-state index contributed by atoms with van der Waals surface area (Å²) in [6, 6.07) is 18.0. The molecule has 0 radical (unpaired) electrons. The van der Waals surface area contributed by atoms with Crippen molar-refractivity contribution < 1.29 is 14.3 Å². The summed E-state index contributed by atoms with van der Waals surface area (Å²) < 4.78 is 13.9. The summed E-state index contributed by atoms with van der Waals surface area (Å²) in [5.74, 6) is 1.50. The fraction of sp³-hybridized carbons (Fsp3) is 0.385. The minimum absolute atomic E-state index is 0.0866. The standard InChI is InChI=1S/C26H31N3O3/c1-4-24(30)29(17-22-14-9-15-31-22)18-23-25(20-11-6-5-7-12-20)27-28(3)26(23)32-21-13-8-10-19(2)16-21/h5-8,10-13,16,22H,4,9,14-15,17-18H2,1-3H3/t22-/m0/s1. The van der Waals surface area contributed by atoms with Crippen molar-refractivity contribution in [3.8, 4) is 22.9 Å². The molecule has 1 aromatic heterocycles. The normalized spacial score (nSPS) is 15.7. The molecule has 1 aliphatic heterocycles. The lowest BCUT2D eigenvalue weighted by Crippen LogP contribution is -2.36. The van der Waals surface area contributed by atoms with Gasteiger partial charge in [0.15, 0.2) is 0 Å². The number of ether oxygens (including phenoxy) is 2. The van der Waals surface area contributed by atoms with Crippen LogP contribution in [-0.4, -0.2) is 39.8 Å². The quantitative estimate of drug-likeness (QED) is 0.496. The largest absolute Gasteiger partial charge is 0.439 e. The molecule has 0 aliphatic carbocycles. The van der Waals surface area contributed by atoms with Crippen LogP contribution in [0.15, 0.2) is 54.6 Å². The van der Waals surface area contributed by atoms with Crippen LogP contribution in [0.2, 0.25) is 0 Å². The van der Waals surface area contributed by atoms with Crippen molar-refractivity contribution in [2.75, 3.05) is 13.2 Å². The zero-order valence-corrected chi connectivity index (χ0v) is 19.1. The molecule has 1 fully saturated rings. The van der Waals surface area contributed by atoms with Gasteiger partial charge in [-0.3, -0.25) is 4.79 Å². The number of aromatic nitrogens is 2. The summed E-state index contributed by atoms with van der Waals surface area (Å²) in [6.45, 7) is 5.71. The lowest BCUT2D eigenvalue weighted by Gasteiger charge is -2.25. The highest BCUT2D eigenvalue weighted by molar-refractivity contribution is 5.76. The maximum Gasteiger partial charge on any atom is 0.223 e. The Hall–Kier alpha value is -3.12. The van der Waals surface area contributed by atoms with Crippen molar-refractivity contribution in [2.24, 2.45) is 7.05 Å². The Morgan fingerprint density at radius 1 is 1.22 bits per heavy atom. The lowest BCUT2D eigenvalue weighted by molar-refractivity contribution is -0.133. The lowest BCUT2D eigenvalue weighted by atomic mass is 10.1. The van der Waals surface area contributed by atoms with Gasteiger partial charge in [0.1, 0.15) is 11.4 Å². The number of amides is 1. The molecule has 4 rings (SSSR count). The molecule has 0 saturated carbocycles. The Morgan fingerprint density at radius 3 is 2.72 bits per heavy atom. The van der Waals surface area contributed by atoms with Gasteiger partial charge < -0.3 is 14.4 Å². The summed E-state index contributed by atoms with van der Waals surface area (Å²) >= 11 is 0. The SMILES string of the molecule is CCC(=O)N(Cc1c(-c2ccccc2)nn(C)c1Oc1cccc(C)c1)C[C@@H]1CCCO1. The highest BCUT2D eigenvalue weighted by atomic mass is 16.5. The number of hydrogen-bond acceptors (Lipinski definition) is 4. The second-order valence-electron chi connectivity index (χ2n) is 8.30. The van der Waals surface area contributed by atoms with Gasteiger partial charge in [0.05, 0.1) is 18.2 Å². The summed E-state index contributed by atoms with van der Waals surface area (Å²) in [4.78, 5) is 14.8. The van der Waals surface area contributed by atoms with E-state index in [0.29, 0.717) is 25.4 Å². The van der Waals surface area contributed by atoms with Gasteiger partial charge in [-0.25, -0.2) is 4.68 Å². The highest BCUT2D eigenvalue weighted by Gasteiger charge is 2.27. The molecular weight excluding hydrogens is 402 g/mol. The summed E-state index contributed by atoms with van der Waals surface area (Å²) in [5, 5.41) is 4.79. The zero-order chi connectivity index (χ0) is 22.5. The molecular formula is C26H31N3O3. The maximum absolute atomic E-state index is 12.9. The van der Waals surface area contributed by atoms with Gasteiger partial charge >= 0.3 is 0 Å². The van der Waals surface area contributed by atoms with E-state index in [1.54, 1.807) is 4.68 Å². The Balaban J connectivity index is 1.73. The molecule has 2 heterocycles. The number of hydrogen-bond donors (Lipinski definition) is 0. The molecule has 0 bridgehead atoms. The molecule has 0 unspecified atom stereocenters. The minimum atomic E-state index is 0.0866. The summed E-state index contributed by atoms with van der Waals surface area (Å²) in [5.41, 5.74) is 3.85. The first-order chi connectivity index (χ1) is 15.5. The zero-order valence-electron chi connectivity index (χ0n) is 19.1. The maximum atomic E-state index is 12.9. The summed E-state index contributed by atoms with van der Waals surface area (Å²) in [7, 11) is 1.88. The van der Waals surface area contributed by atoms with Crippen LogP contribution in [0, 0.1) is 6.92 Å². The third-order valence-corrected chi connectivity index (χ3v) is 5.79. The van der Waals surface area contributed by atoms with Crippen molar-refractivity contribution in [1.29, 1.82) is 0 Å². The van der Waals surface area contributed by atoms with E-state index in [4.69, 9.17) is 14.6 Å². The Bertz CT molecular complexity index is 1060.